The van der Waals surface area contributed by atoms with E-state index in [1.807, 2.05) is 36.7 Å². The number of hydrogen-bond donors (Lipinski definition) is 1. The number of nitrogen functional groups attached to an aromatic ring is 1. The van der Waals surface area contributed by atoms with Gasteiger partial charge in [0.15, 0.2) is 11.2 Å². The molecule has 25 heavy (non-hydrogen) atoms. The number of anilines is 1. The van der Waals surface area contributed by atoms with Gasteiger partial charge >= 0.3 is 0 Å². The number of imidazole rings is 1. The SMILES string of the molecule is Nc1nc(OCc2ccccc2)c2ncn(CC3CCCCC3)c2n1. The molecule has 0 amide bonds. The van der Waals surface area contributed by atoms with Crippen molar-refractivity contribution in [2.24, 2.45) is 5.92 Å². The first-order valence-electron chi connectivity index (χ1n) is 8.94. The highest BCUT2D eigenvalue weighted by Gasteiger charge is 2.18. The van der Waals surface area contributed by atoms with Gasteiger partial charge in [0.1, 0.15) is 6.61 Å². The molecule has 1 fully saturated rings. The number of rotatable bonds is 5. The van der Waals surface area contributed by atoms with Gasteiger partial charge in [0.25, 0.3) is 0 Å². The molecule has 2 heterocycles. The van der Waals surface area contributed by atoms with E-state index in [1.54, 1.807) is 0 Å². The molecular formula is C19H23N5O. The summed E-state index contributed by atoms with van der Waals surface area (Å²) < 4.78 is 7.98. The number of nitrogens with zero attached hydrogens (tertiary/aromatic N) is 4. The Balaban J connectivity index is 1.57. The van der Waals surface area contributed by atoms with Crippen LogP contribution >= 0.6 is 0 Å². The molecule has 0 atom stereocenters. The van der Waals surface area contributed by atoms with E-state index in [2.05, 4.69) is 19.5 Å². The molecule has 0 spiro atoms. The predicted octanol–water partition coefficient (Wildman–Crippen LogP) is 3.57. The van der Waals surface area contributed by atoms with Crippen molar-refractivity contribution in [3.05, 3.63) is 42.2 Å². The van der Waals surface area contributed by atoms with Crippen molar-refractivity contribution in [2.45, 2.75) is 45.3 Å². The molecule has 0 aliphatic heterocycles. The number of benzene rings is 1. The lowest BCUT2D eigenvalue weighted by atomic mass is 9.89. The first-order chi connectivity index (χ1) is 12.3. The summed E-state index contributed by atoms with van der Waals surface area (Å²) in [6.45, 7) is 1.37. The van der Waals surface area contributed by atoms with Gasteiger partial charge in [-0.05, 0) is 24.3 Å². The average molecular weight is 337 g/mol. The van der Waals surface area contributed by atoms with Crippen molar-refractivity contribution in [3.8, 4) is 5.88 Å². The molecule has 0 radical (unpaired) electrons. The van der Waals surface area contributed by atoms with Gasteiger partial charge in [0, 0.05) is 6.54 Å². The van der Waals surface area contributed by atoms with E-state index in [0.29, 0.717) is 23.9 Å². The Kier molecular flexibility index (Phi) is 4.50. The van der Waals surface area contributed by atoms with Gasteiger partial charge < -0.3 is 15.0 Å². The summed E-state index contributed by atoms with van der Waals surface area (Å²) in [7, 11) is 0. The first kappa shape index (κ1) is 15.9. The van der Waals surface area contributed by atoms with Crippen LogP contribution < -0.4 is 10.5 Å². The molecule has 2 N–H and O–H groups in total. The van der Waals surface area contributed by atoms with Crippen LogP contribution in [-0.4, -0.2) is 19.5 Å². The normalized spacial score (nSPS) is 15.5. The number of fused-ring (bicyclic) bond motifs is 1. The fourth-order valence-corrected chi connectivity index (χ4v) is 3.54. The lowest BCUT2D eigenvalue weighted by molar-refractivity contribution is 0.297. The van der Waals surface area contributed by atoms with Gasteiger partial charge in [-0.15, -0.1) is 0 Å². The van der Waals surface area contributed by atoms with Gasteiger partial charge in [0.05, 0.1) is 6.33 Å². The summed E-state index contributed by atoms with van der Waals surface area (Å²) in [5.74, 6) is 1.37. The van der Waals surface area contributed by atoms with Crippen molar-refractivity contribution in [2.75, 3.05) is 5.73 Å². The van der Waals surface area contributed by atoms with Crippen LogP contribution in [0.5, 0.6) is 5.88 Å². The summed E-state index contributed by atoms with van der Waals surface area (Å²) in [4.78, 5) is 13.1. The molecule has 6 nitrogen and oxygen atoms in total. The van der Waals surface area contributed by atoms with Crippen molar-refractivity contribution in [1.82, 2.24) is 19.5 Å². The molecule has 1 aliphatic rings. The minimum atomic E-state index is 0.223. The predicted molar refractivity (Wildman–Crippen MR) is 97.1 cm³/mol. The molecule has 6 heteroatoms. The van der Waals surface area contributed by atoms with Crippen LogP contribution in [0.2, 0.25) is 0 Å². The highest BCUT2D eigenvalue weighted by atomic mass is 16.5. The van der Waals surface area contributed by atoms with Crippen molar-refractivity contribution in [1.29, 1.82) is 0 Å². The maximum atomic E-state index is 5.91. The standard InChI is InChI=1S/C19H23N5O/c20-19-22-17-16(18(23-19)25-12-15-9-5-2-6-10-15)21-13-24(17)11-14-7-3-1-4-8-14/h2,5-6,9-10,13-14H,1,3-4,7-8,11-12H2,(H2,20,22,23). The minimum absolute atomic E-state index is 0.223. The largest absolute Gasteiger partial charge is 0.471 e. The van der Waals surface area contributed by atoms with Gasteiger partial charge in [-0.1, -0.05) is 49.6 Å². The molecular weight excluding hydrogens is 314 g/mol. The third kappa shape index (κ3) is 3.57. The van der Waals surface area contributed by atoms with Gasteiger partial charge in [-0.3, -0.25) is 0 Å². The molecule has 1 aliphatic carbocycles. The fraction of sp³-hybridized carbons (Fsp3) is 0.421. The van der Waals surface area contributed by atoms with Crippen molar-refractivity contribution < 1.29 is 4.74 Å². The van der Waals surface area contributed by atoms with Gasteiger partial charge in [-0.25, -0.2) is 4.98 Å². The summed E-state index contributed by atoms with van der Waals surface area (Å²) in [5, 5.41) is 0. The maximum Gasteiger partial charge on any atom is 0.247 e. The average Bonchev–Trinajstić information content (AvgIpc) is 3.04. The number of aromatic nitrogens is 4. The van der Waals surface area contributed by atoms with E-state index in [1.165, 1.54) is 32.1 Å². The molecule has 0 bridgehead atoms. The number of ether oxygens (including phenoxy) is 1. The summed E-state index contributed by atoms with van der Waals surface area (Å²) in [6, 6.07) is 9.99. The molecule has 4 rings (SSSR count). The first-order valence-corrected chi connectivity index (χ1v) is 8.94. The molecule has 130 valence electrons. The van der Waals surface area contributed by atoms with Crippen LogP contribution in [0.15, 0.2) is 36.7 Å². The van der Waals surface area contributed by atoms with Crippen molar-refractivity contribution in [3.63, 3.8) is 0 Å². The summed E-state index contributed by atoms with van der Waals surface area (Å²) in [6.07, 6.45) is 8.38. The lowest BCUT2D eigenvalue weighted by Crippen LogP contribution is -2.14. The second kappa shape index (κ2) is 7.09. The quantitative estimate of drug-likeness (QED) is 0.770. The van der Waals surface area contributed by atoms with Crippen LogP contribution in [-0.2, 0) is 13.2 Å². The smallest absolute Gasteiger partial charge is 0.247 e. The van der Waals surface area contributed by atoms with Crippen LogP contribution in [0.1, 0.15) is 37.7 Å². The zero-order chi connectivity index (χ0) is 17.1. The Morgan fingerprint density at radius 1 is 1.08 bits per heavy atom. The second-order valence-electron chi connectivity index (χ2n) is 6.73. The Morgan fingerprint density at radius 3 is 2.68 bits per heavy atom. The molecule has 2 aromatic heterocycles. The Morgan fingerprint density at radius 2 is 1.88 bits per heavy atom. The zero-order valence-corrected chi connectivity index (χ0v) is 14.3. The van der Waals surface area contributed by atoms with E-state index < -0.39 is 0 Å². The summed E-state index contributed by atoms with van der Waals surface area (Å²) in [5.41, 5.74) is 8.44. The Hall–Kier alpha value is -2.63. The topological polar surface area (TPSA) is 78.9 Å². The van der Waals surface area contributed by atoms with E-state index in [-0.39, 0.29) is 5.95 Å². The minimum Gasteiger partial charge on any atom is -0.471 e. The second-order valence-corrected chi connectivity index (χ2v) is 6.73. The van der Waals surface area contributed by atoms with Crippen LogP contribution in [0.25, 0.3) is 11.2 Å². The van der Waals surface area contributed by atoms with Crippen LogP contribution in [0.4, 0.5) is 5.95 Å². The third-order valence-electron chi connectivity index (χ3n) is 4.85. The van der Waals surface area contributed by atoms with Gasteiger partial charge in [0.2, 0.25) is 11.8 Å². The van der Waals surface area contributed by atoms with E-state index >= 15 is 0 Å². The lowest BCUT2D eigenvalue weighted by Gasteiger charge is -2.21. The van der Waals surface area contributed by atoms with Crippen LogP contribution in [0, 0.1) is 5.92 Å². The molecule has 3 aromatic rings. The zero-order valence-electron chi connectivity index (χ0n) is 14.3. The van der Waals surface area contributed by atoms with Gasteiger partial charge in [-0.2, -0.15) is 9.97 Å². The Bertz CT molecular complexity index is 840. The monoisotopic (exact) mass is 337 g/mol. The number of hydrogen-bond acceptors (Lipinski definition) is 5. The molecule has 0 saturated heterocycles. The molecule has 1 saturated carbocycles. The summed E-state index contributed by atoms with van der Waals surface area (Å²) >= 11 is 0. The van der Waals surface area contributed by atoms with E-state index in [0.717, 1.165) is 17.8 Å². The number of nitrogens with two attached hydrogens (primary N) is 1. The molecule has 0 unspecified atom stereocenters. The highest BCUT2D eigenvalue weighted by Crippen LogP contribution is 2.28. The molecule has 1 aromatic carbocycles. The van der Waals surface area contributed by atoms with Crippen LogP contribution in [0.3, 0.4) is 0 Å². The highest BCUT2D eigenvalue weighted by molar-refractivity contribution is 5.77. The van der Waals surface area contributed by atoms with E-state index in [9.17, 15) is 0 Å². The van der Waals surface area contributed by atoms with Crippen molar-refractivity contribution >= 4 is 17.1 Å². The van der Waals surface area contributed by atoms with E-state index in [4.69, 9.17) is 10.5 Å². The third-order valence-corrected chi connectivity index (χ3v) is 4.85. The fourth-order valence-electron chi connectivity index (χ4n) is 3.54. The maximum absolute atomic E-state index is 5.91. The Labute approximate surface area is 147 Å².